The molecule has 0 heterocycles. The molecule has 0 radical (unpaired) electrons. The smallest absolute Gasteiger partial charge is 0.338 e. The van der Waals surface area contributed by atoms with Gasteiger partial charge in [0.2, 0.25) is 5.91 Å². The highest BCUT2D eigenvalue weighted by Gasteiger charge is 2.12. The molecule has 0 aliphatic rings. The molecule has 0 bridgehead atoms. The number of rotatable bonds is 12. The molecule has 36 heavy (non-hydrogen) atoms. The van der Waals surface area contributed by atoms with Gasteiger partial charge in [0, 0.05) is 29.1 Å². The van der Waals surface area contributed by atoms with Crippen molar-refractivity contribution >= 4 is 46.9 Å². The molecule has 0 aliphatic heterocycles. The highest BCUT2D eigenvalue weighted by molar-refractivity contribution is 6.30. The standard InChI is InChI=1S/C25H28ClN3O7/c1-2-3-15-35-25(34)18-9-13-20(14-10-18)27-21(30)5-4-6-23(32)36-16-22(31)28-29-24(33)17-7-11-19(26)12-8-17/h7-14H,2-6,15-16H2,1H3,(H,27,30)(H,28,31)(H,29,33). The van der Waals surface area contributed by atoms with Crippen molar-refractivity contribution in [3.63, 3.8) is 0 Å². The van der Waals surface area contributed by atoms with E-state index >= 15 is 0 Å². The minimum atomic E-state index is -0.721. The van der Waals surface area contributed by atoms with Gasteiger partial charge in [-0.05, 0) is 61.4 Å². The summed E-state index contributed by atoms with van der Waals surface area (Å²) in [6.07, 6.45) is 1.92. The molecule has 11 heteroatoms. The van der Waals surface area contributed by atoms with Gasteiger partial charge >= 0.3 is 11.9 Å². The number of hydrogen-bond acceptors (Lipinski definition) is 7. The predicted molar refractivity (Wildman–Crippen MR) is 132 cm³/mol. The number of nitrogens with one attached hydrogen (secondary N) is 3. The summed E-state index contributed by atoms with van der Waals surface area (Å²) in [4.78, 5) is 59.4. The van der Waals surface area contributed by atoms with Crippen LogP contribution in [0.5, 0.6) is 0 Å². The molecule has 3 amide bonds. The molecular formula is C25H28ClN3O7. The number of halogens is 1. The lowest BCUT2D eigenvalue weighted by Crippen LogP contribution is -2.43. The fraction of sp³-hybridized carbons (Fsp3) is 0.320. The Morgan fingerprint density at radius 2 is 1.44 bits per heavy atom. The number of hydrazine groups is 1. The molecule has 0 saturated carbocycles. The van der Waals surface area contributed by atoms with E-state index in [4.69, 9.17) is 21.1 Å². The van der Waals surface area contributed by atoms with E-state index in [9.17, 15) is 24.0 Å². The number of ether oxygens (including phenoxy) is 2. The average Bonchev–Trinajstić information content (AvgIpc) is 2.87. The molecule has 3 N–H and O–H groups in total. The van der Waals surface area contributed by atoms with Crippen LogP contribution in [0.3, 0.4) is 0 Å². The Morgan fingerprint density at radius 1 is 0.778 bits per heavy atom. The van der Waals surface area contributed by atoms with Gasteiger partial charge in [0.25, 0.3) is 11.8 Å². The van der Waals surface area contributed by atoms with Crippen LogP contribution in [0.25, 0.3) is 0 Å². The van der Waals surface area contributed by atoms with Crippen LogP contribution >= 0.6 is 11.6 Å². The fourth-order valence-electron chi connectivity index (χ4n) is 2.75. The van der Waals surface area contributed by atoms with Crippen LogP contribution < -0.4 is 16.2 Å². The second-order valence-electron chi connectivity index (χ2n) is 7.64. The molecule has 0 saturated heterocycles. The number of anilines is 1. The summed E-state index contributed by atoms with van der Waals surface area (Å²) in [5.41, 5.74) is 5.51. The van der Waals surface area contributed by atoms with E-state index in [2.05, 4.69) is 16.2 Å². The Morgan fingerprint density at radius 3 is 2.11 bits per heavy atom. The summed E-state index contributed by atoms with van der Waals surface area (Å²) in [6.45, 7) is 1.78. The normalized spacial score (nSPS) is 10.2. The van der Waals surface area contributed by atoms with Crippen LogP contribution in [0.2, 0.25) is 5.02 Å². The Kier molecular flexibility index (Phi) is 11.9. The van der Waals surface area contributed by atoms with Crippen LogP contribution in [0, 0.1) is 0 Å². The Balaban J connectivity index is 1.60. The van der Waals surface area contributed by atoms with E-state index in [1.165, 1.54) is 24.3 Å². The van der Waals surface area contributed by atoms with E-state index in [0.717, 1.165) is 12.8 Å². The van der Waals surface area contributed by atoms with Crippen molar-refractivity contribution in [1.82, 2.24) is 10.9 Å². The third kappa shape index (κ3) is 10.6. The van der Waals surface area contributed by atoms with E-state index in [0.29, 0.717) is 22.9 Å². The molecule has 10 nitrogen and oxygen atoms in total. The first-order chi connectivity index (χ1) is 17.3. The first-order valence-corrected chi connectivity index (χ1v) is 11.7. The molecule has 0 unspecified atom stereocenters. The van der Waals surface area contributed by atoms with Gasteiger partial charge in [-0.2, -0.15) is 0 Å². The van der Waals surface area contributed by atoms with Crippen molar-refractivity contribution in [2.75, 3.05) is 18.5 Å². The van der Waals surface area contributed by atoms with E-state index in [1.54, 1.807) is 24.3 Å². The van der Waals surface area contributed by atoms with Crippen molar-refractivity contribution in [3.8, 4) is 0 Å². The highest BCUT2D eigenvalue weighted by Crippen LogP contribution is 2.12. The van der Waals surface area contributed by atoms with E-state index in [1.807, 2.05) is 6.92 Å². The summed E-state index contributed by atoms with van der Waals surface area (Å²) in [5.74, 6) is -2.67. The van der Waals surface area contributed by atoms with Crippen LogP contribution in [-0.2, 0) is 23.9 Å². The van der Waals surface area contributed by atoms with Crippen LogP contribution in [0.1, 0.15) is 59.7 Å². The number of benzene rings is 2. The molecule has 0 atom stereocenters. The maximum absolute atomic E-state index is 12.1. The molecule has 0 aliphatic carbocycles. The monoisotopic (exact) mass is 517 g/mol. The molecule has 192 valence electrons. The molecular weight excluding hydrogens is 490 g/mol. The van der Waals surface area contributed by atoms with Crippen molar-refractivity contribution < 1.29 is 33.4 Å². The predicted octanol–water partition coefficient (Wildman–Crippen LogP) is 3.41. The average molecular weight is 518 g/mol. The number of amides is 3. The third-order valence-corrected chi connectivity index (χ3v) is 4.96. The van der Waals surface area contributed by atoms with Gasteiger partial charge in [0.1, 0.15) is 0 Å². The van der Waals surface area contributed by atoms with E-state index < -0.39 is 30.4 Å². The summed E-state index contributed by atoms with van der Waals surface area (Å²) in [7, 11) is 0. The van der Waals surface area contributed by atoms with Crippen LogP contribution in [0.4, 0.5) is 5.69 Å². The Bertz CT molecular complexity index is 1060. The van der Waals surface area contributed by atoms with Crippen molar-refractivity contribution in [2.45, 2.75) is 39.0 Å². The van der Waals surface area contributed by atoms with Gasteiger partial charge in [0.15, 0.2) is 6.61 Å². The molecule has 0 spiro atoms. The van der Waals surface area contributed by atoms with Crippen LogP contribution in [-0.4, -0.2) is 42.9 Å². The summed E-state index contributed by atoms with van der Waals surface area (Å²) >= 11 is 5.75. The first-order valence-electron chi connectivity index (χ1n) is 11.4. The number of unbranched alkanes of at least 4 members (excludes halogenated alkanes) is 1. The van der Waals surface area contributed by atoms with Gasteiger partial charge in [-0.3, -0.25) is 30.0 Å². The van der Waals surface area contributed by atoms with Gasteiger partial charge in [-0.25, -0.2) is 4.79 Å². The quantitative estimate of drug-likeness (QED) is 0.222. The summed E-state index contributed by atoms with van der Waals surface area (Å²) in [5, 5.41) is 3.14. The minimum Gasteiger partial charge on any atom is -0.462 e. The molecule has 2 aromatic carbocycles. The topological polar surface area (TPSA) is 140 Å². The maximum Gasteiger partial charge on any atom is 0.338 e. The zero-order valence-corrected chi connectivity index (χ0v) is 20.6. The molecule has 0 fully saturated rings. The largest absolute Gasteiger partial charge is 0.462 e. The first kappa shape index (κ1) is 28.3. The van der Waals surface area contributed by atoms with Crippen molar-refractivity contribution in [1.29, 1.82) is 0 Å². The zero-order valence-electron chi connectivity index (χ0n) is 19.8. The number of carbonyl (C=O) groups is 5. The lowest BCUT2D eigenvalue weighted by atomic mass is 10.2. The number of esters is 2. The Hall–Kier alpha value is -3.92. The van der Waals surface area contributed by atoms with Gasteiger partial charge < -0.3 is 14.8 Å². The lowest BCUT2D eigenvalue weighted by molar-refractivity contribution is -0.148. The maximum atomic E-state index is 12.1. The van der Waals surface area contributed by atoms with Gasteiger partial charge in [0.05, 0.1) is 12.2 Å². The SMILES string of the molecule is CCCCOC(=O)c1ccc(NC(=O)CCCC(=O)OCC(=O)NNC(=O)c2ccc(Cl)cc2)cc1. The third-order valence-electron chi connectivity index (χ3n) is 4.71. The summed E-state index contributed by atoms with van der Waals surface area (Å²) < 4.78 is 9.96. The van der Waals surface area contributed by atoms with Gasteiger partial charge in [-0.15, -0.1) is 0 Å². The molecule has 2 rings (SSSR count). The zero-order chi connectivity index (χ0) is 26.3. The Labute approximate surface area is 213 Å². The van der Waals surface area contributed by atoms with E-state index in [-0.39, 0.29) is 30.7 Å². The second-order valence-corrected chi connectivity index (χ2v) is 8.07. The molecule has 2 aromatic rings. The highest BCUT2D eigenvalue weighted by atomic mass is 35.5. The van der Waals surface area contributed by atoms with Crippen LogP contribution in [0.15, 0.2) is 48.5 Å². The second kappa shape index (κ2) is 15.2. The minimum absolute atomic E-state index is 0.0548. The van der Waals surface area contributed by atoms with Crippen molar-refractivity contribution in [3.05, 3.63) is 64.7 Å². The van der Waals surface area contributed by atoms with Gasteiger partial charge in [-0.1, -0.05) is 24.9 Å². The fourth-order valence-corrected chi connectivity index (χ4v) is 2.88. The summed E-state index contributed by atoms with van der Waals surface area (Å²) in [6, 6.07) is 12.3. The number of hydrogen-bond donors (Lipinski definition) is 3. The lowest BCUT2D eigenvalue weighted by Gasteiger charge is -2.09. The number of carbonyl (C=O) groups excluding carboxylic acids is 5. The molecule has 0 aromatic heterocycles. The van der Waals surface area contributed by atoms with Crippen molar-refractivity contribution in [2.24, 2.45) is 0 Å².